The van der Waals surface area contributed by atoms with E-state index in [1.165, 1.54) is 33.4 Å². The molecule has 1 unspecified atom stereocenters. The molecule has 1 heteroatoms. The van der Waals surface area contributed by atoms with Crippen molar-refractivity contribution in [2.75, 3.05) is 6.61 Å². The number of benzene rings is 3. The SMILES string of the molecule is OCC(Cc1ccccc1)c1cccc2c1Cc1ccccc1-2. The van der Waals surface area contributed by atoms with Crippen LogP contribution in [0.15, 0.2) is 72.8 Å². The summed E-state index contributed by atoms with van der Waals surface area (Å²) in [5, 5.41) is 9.99. The molecule has 0 spiro atoms. The van der Waals surface area contributed by atoms with Gasteiger partial charge < -0.3 is 5.11 Å². The number of aliphatic hydroxyl groups is 1. The summed E-state index contributed by atoms with van der Waals surface area (Å²) in [5.41, 5.74) is 8.05. The molecule has 0 fully saturated rings. The summed E-state index contributed by atoms with van der Waals surface area (Å²) >= 11 is 0. The van der Waals surface area contributed by atoms with Gasteiger partial charge in [-0.2, -0.15) is 0 Å². The maximum atomic E-state index is 9.99. The Balaban J connectivity index is 1.72. The van der Waals surface area contributed by atoms with Gasteiger partial charge >= 0.3 is 0 Å². The maximum absolute atomic E-state index is 9.99. The molecule has 0 aliphatic heterocycles. The summed E-state index contributed by atoms with van der Waals surface area (Å²) in [6.07, 6.45) is 1.86. The van der Waals surface area contributed by atoms with E-state index in [2.05, 4.69) is 66.7 Å². The maximum Gasteiger partial charge on any atom is 0.0503 e. The predicted octanol–water partition coefficient (Wildman–Crippen LogP) is 4.58. The van der Waals surface area contributed by atoms with Crippen LogP contribution in [0.3, 0.4) is 0 Å². The molecule has 0 radical (unpaired) electrons. The first-order chi connectivity index (χ1) is 11.4. The van der Waals surface area contributed by atoms with Crippen LogP contribution in [0.2, 0.25) is 0 Å². The van der Waals surface area contributed by atoms with Gasteiger partial charge in [-0.1, -0.05) is 72.8 Å². The standard InChI is InChI=1S/C22H20O/c23-15-18(13-16-7-2-1-3-8-16)20-11-6-12-21-19-10-5-4-9-17(19)14-22(20)21/h1-12,18,23H,13-15H2. The van der Waals surface area contributed by atoms with E-state index in [1.807, 2.05) is 6.07 Å². The van der Waals surface area contributed by atoms with Crippen LogP contribution in [0.5, 0.6) is 0 Å². The summed E-state index contributed by atoms with van der Waals surface area (Å²) in [6, 6.07) is 25.6. The van der Waals surface area contributed by atoms with E-state index >= 15 is 0 Å². The monoisotopic (exact) mass is 300 g/mol. The largest absolute Gasteiger partial charge is 0.396 e. The highest BCUT2D eigenvalue weighted by atomic mass is 16.3. The van der Waals surface area contributed by atoms with Crippen molar-refractivity contribution in [2.24, 2.45) is 0 Å². The highest BCUT2D eigenvalue weighted by Gasteiger charge is 2.24. The molecule has 3 aromatic carbocycles. The Morgan fingerprint density at radius 3 is 2.35 bits per heavy atom. The number of hydrogen-bond donors (Lipinski definition) is 1. The fourth-order valence-corrected chi connectivity index (χ4v) is 3.74. The predicted molar refractivity (Wildman–Crippen MR) is 94.7 cm³/mol. The lowest BCUT2D eigenvalue weighted by atomic mass is 9.87. The van der Waals surface area contributed by atoms with E-state index < -0.39 is 0 Å². The lowest BCUT2D eigenvalue weighted by Gasteiger charge is -2.18. The van der Waals surface area contributed by atoms with E-state index in [1.54, 1.807) is 0 Å². The summed E-state index contributed by atoms with van der Waals surface area (Å²) in [5.74, 6) is 0.154. The molecule has 1 atom stereocenters. The van der Waals surface area contributed by atoms with Crippen LogP contribution in [-0.4, -0.2) is 11.7 Å². The van der Waals surface area contributed by atoms with E-state index in [0.717, 1.165) is 12.8 Å². The molecule has 1 nitrogen and oxygen atoms in total. The van der Waals surface area contributed by atoms with Crippen molar-refractivity contribution in [3.8, 4) is 11.1 Å². The van der Waals surface area contributed by atoms with Crippen LogP contribution in [0.4, 0.5) is 0 Å². The molecular formula is C22H20O. The molecule has 0 bridgehead atoms. The van der Waals surface area contributed by atoms with Gasteiger partial charge in [0.25, 0.3) is 0 Å². The van der Waals surface area contributed by atoms with Crippen LogP contribution in [-0.2, 0) is 12.8 Å². The van der Waals surface area contributed by atoms with Gasteiger partial charge in [0, 0.05) is 5.92 Å². The highest BCUT2D eigenvalue weighted by Crippen LogP contribution is 2.40. The molecule has 0 aromatic heterocycles. The number of rotatable bonds is 4. The third-order valence-corrected chi connectivity index (χ3v) is 4.87. The van der Waals surface area contributed by atoms with Crippen molar-refractivity contribution in [3.05, 3.63) is 95.1 Å². The Morgan fingerprint density at radius 2 is 1.52 bits per heavy atom. The molecule has 23 heavy (non-hydrogen) atoms. The minimum Gasteiger partial charge on any atom is -0.396 e. The van der Waals surface area contributed by atoms with Gasteiger partial charge in [0.1, 0.15) is 0 Å². The van der Waals surface area contributed by atoms with Gasteiger partial charge in [-0.05, 0) is 46.2 Å². The van der Waals surface area contributed by atoms with E-state index in [4.69, 9.17) is 0 Å². The summed E-state index contributed by atoms with van der Waals surface area (Å²) < 4.78 is 0. The van der Waals surface area contributed by atoms with Gasteiger partial charge in [0.2, 0.25) is 0 Å². The Morgan fingerprint density at radius 1 is 0.783 bits per heavy atom. The van der Waals surface area contributed by atoms with Crippen molar-refractivity contribution in [1.29, 1.82) is 0 Å². The number of hydrogen-bond acceptors (Lipinski definition) is 1. The van der Waals surface area contributed by atoms with Crippen molar-refractivity contribution < 1.29 is 5.11 Å². The summed E-state index contributed by atoms with van der Waals surface area (Å²) in [6.45, 7) is 0.182. The van der Waals surface area contributed by atoms with Gasteiger partial charge in [0.05, 0.1) is 6.61 Å². The first-order valence-electron chi connectivity index (χ1n) is 8.21. The lowest BCUT2D eigenvalue weighted by Crippen LogP contribution is -2.10. The Bertz CT molecular complexity index is 820. The van der Waals surface area contributed by atoms with Gasteiger partial charge in [-0.3, -0.25) is 0 Å². The molecular weight excluding hydrogens is 280 g/mol. The van der Waals surface area contributed by atoms with Crippen LogP contribution in [0.1, 0.15) is 28.2 Å². The first kappa shape index (κ1) is 14.2. The normalized spacial score (nSPS) is 13.4. The average Bonchev–Trinajstić information content (AvgIpc) is 2.99. The molecule has 0 saturated carbocycles. The minimum atomic E-state index is 0.154. The molecule has 1 aliphatic rings. The molecule has 4 rings (SSSR count). The van der Waals surface area contributed by atoms with Gasteiger partial charge in [0.15, 0.2) is 0 Å². The zero-order valence-electron chi connectivity index (χ0n) is 13.1. The second kappa shape index (κ2) is 6.02. The van der Waals surface area contributed by atoms with Gasteiger partial charge in [-0.25, -0.2) is 0 Å². The quantitative estimate of drug-likeness (QED) is 0.585. The molecule has 0 amide bonds. The van der Waals surface area contributed by atoms with Crippen molar-refractivity contribution in [2.45, 2.75) is 18.8 Å². The van der Waals surface area contributed by atoms with Crippen molar-refractivity contribution in [3.63, 3.8) is 0 Å². The van der Waals surface area contributed by atoms with Crippen LogP contribution in [0.25, 0.3) is 11.1 Å². The smallest absolute Gasteiger partial charge is 0.0503 e. The third kappa shape index (κ3) is 2.58. The van der Waals surface area contributed by atoms with Crippen molar-refractivity contribution in [1.82, 2.24) is 0 Å². The van der Waals surface area contributed by atoms with E-state index in [-0.39, 0.29) is 12.5 Å². The average molecular weight is 300 g/mol. The number of fused-ring (bicyclic) bond motifs is 3. The topological polar surface area (TPSA) is 20.2 Å². The fraction of sp³-hybridized carbons (Fsp3) is 0.182. The zero-order valence-corrected chi connectivity index (χ0v) is 13.1. The second-order valence-corrected chi connectivity index (χ2v) is 6.28. The van der Waals surface area contributed by atoms with Crippen LogP contribution >= 0.6 is 0 Å². The van der Waals surface area contributed by atoms with Crippen LogP contribution in [0, 0.1) is 0 Å². The Labute approximate surface area is 137 Å². The Kier molecular flexibility index (Phi) is 3.72. The van der Waals surface area contributed by atoms with E-state index in [0.29, 0.717) is 0 Å². The van der Waals surface area contributed by atoms with Crippen molar-refractivity contribution >= 4 is 0 Å². The molecule has 114 valence electrons. The van der Waals surface area contributed by atoms with Crippen LogP contribution < -0.4 is 0 Å². The lowest BCUT2D eigenvalue weighted by molar-refractivity contribution is 0.264. The molecule has 0 heterocycles. The third-order valence-electron chi connectivity index (χ3n) is 4.87. The summed E-state index contributed by atoms with van der Waals surface area (Å²) in [7, 11) is 0. The number of aliphatic hydroxyl groups excluding tert-OH is 1. The van der Waals surface area contributed by atoms with E-state index in [9.17, 15) is 5.11 Å². The molecule has 1 N–H and O–H groups in total. The highest BCUT2D eigenvalue weighted by molar-refractivity contribution is 5.78. The van der Waals surface area contributed by atoms with Gasteiger partial charge in [-0.15, -0.1) is 0 Å². The fourth-order valence-electron chi connectivity index (χ4n) is 3.74. The Hall–Kier alpha value is -2.38. The summed E-state index contributed by atoms with van der Waals surface area (Å²) in [4.78, 5) is 0. The first-order valence-corrected chi connectivity index (χ1v) is 8.21. The minimum absolute atomic E-state index is 0.154. The molecule has 1 aliphatic carbocycles. The molecule has 0 saturated heterocycles. The second-order valence-electron chi connectivity index (χ2n) is 6.28. The zero-order chi connectivity index (χ0) is 15.6. The molecule has 3 aromatic rings.